The van der Waals surface area contributed by atoms with Gasteiger partial charge in [0.25, 0.3) is 0 Å². The molecule has 0 bridgehead atoms. The average Bonchev–Trinajstić information content (AvgIpc) is 3.08. The number of nitrogens with zero attached hydrogens (tertiary/aromatic N) is 3. The lowest BCUT2D eigenvalue weighted by atomic mass is 10.1. The molecule has 1 N–H and O–H groups in total. The minimum atomic E-state index is -1.61. The van der Waals surface area contributed by atoms with Gasteiger partial charge in [0.15, 0.2) is 0 Å². The molecule has 3 aromatic rings. The van der Waals surface area contributed by atoms with Crippen LogP contribution in [-0.2, 0) is 0 Å². The number of carboxylic acids is 1. The van der Waals surface area contributed by atoms with Crippen LogP contribution in [-0.4, -0.2) is 36.9 Å². The summed E-state index contributed by atoms with van der Waals surface area (Å²) in [5.41, 5.74) is 3.16. The highest BCUT2D eigenvalue weighted by Gasteiger charge is 2.49. The topological polar surface area (TPSA) is 57.8 Å². The molecule has 0 amide bonds. The molecular weight excluding hydrogens is 370 g/mol. The molecule has 0 atom stereocenters. The maximum atomic E-state index is 11.5. The molecule has 1 aliphatic rings. The van der Waals surface area contributed by atoms with Crippen LogP contribution in [0.1, 0.15) is 10.4 Å². The van der Waals surface area contributed by atoms with E-state index in [2.05, 4.69) is 42.6 Å². The van der Waals surface area contributed by atoms with E-state index < -0.39 is 22.4 Å². The van der Waals surface area contributed by atoms with Gasteiger partial charge in [-0.05, 0) is 24.2 Å². The molecule has 1 aromatic carbocycles. The summed E-state index contributed by atoms with van der Waals surface area (Å²) < 4.78 is 4.65. The van der Waals surface area contributed by atoms with Gasteiger partial charge in [0.1, 0.15) is 27.9 Å². The van der Waals surface area contributed by atoms with Gasteiger partial charge < -0.3 is 9.34 Å². The van der Waals surface area contributed by atoms with Crippen molar-refractivity contribution in [2.24, 2.45) is 0 Å². The zero-order chi connectivity index (χ0) is 19.4. The van der Waals surface area contributed by atoms with Crippen molar-refractivity contribution in [3.63, 3.8) is 0 Å². The monoisotopic (exact) mass is 395 g/mol. The lowest BCUT2D eigenvalue weighted by Crippen LogP contribution is -2.55. The Labute approximate surface area is 161 Å². The molecule has 0 aliphatic carbocycles. The van der Waals surface area contributed by atoms with E-state index in [4.69, 9.17) is 4.98 Å². The Kier molecular flexibility index (Phi) is 4.04. The van der Waals surface area contributed by atoms with E-state index >= 15 is 0 Å². The number of aromatic carboxylic acids is 1. The van der Waals surface area contributed by atoms with Crippen molar-refractivity contribution in [2.45, 2.75) is 38.3 Å². The number of hydrogen-bond acceptors (Lipinski definition) is 3. The van der Waals surface area contributed by atoms with E-state index in [-0.39, 0.29) is 5.56 Å². The molecule has 0 radical (unpaired) electrons. The Bertz CT molecular complexity index is 1010. The molecule has 4 rings (SSSR count). The minimum absolute atomic E-state index is 0.276. The first-order valence-electron chi connectivity index (χ1n) is 9.32. The van der Waals surface area contributed by atoms with Gasteiger partial charge in [-0.15, -0.1) is 0 Å². The van der Waals surface area contributed by atoms with Crippen LogP contribution in [0.25, 0.3) is 16.9 Å². The molecule has 140 valence electrons. The van der Waals surface area contributed by atoms with Gasteiger partial charge in [-0.1, -0.05) is 56.5 Å². The minimum Gasteiger partial charge on any atom is -0.478 e. The molecule has 5 nitrogen and oxygen atoms in total. The highest BCUT2D eigenvalue weighted by atomic mass is 28.4. The van der Waals surface area contributed by atoms with Gasteiger partial charge in [-0.3, -0.25) is 4.40 Å². The quantitative estimate of drug-likeness (QED) is 0.639. The highest BCUT2D eigenvalue weighted by molar-refractivity contribution is 7.04. The normalized spacial score (nSPS) is 18.1. The van der Waals surface area contributed by atoms with E-state index in [0.717, 1.165) is 22.7 Å². The largest absolute Gasteiger partial charge is 0.478 e. The number of hydrogen-bond donors (Lipinski definition) is 1. The van der Waals surface area contributed by atoms with Gasteiger partial charge >= 0.3 is 5.97 Å². The van der Waals surface area contributed by atoms with Gasteiger partial charge in [0, 0.05) is 11.8 Å². The Balaban J connectivity index is 2.05. The van der Waals surface area contributed by atoms with Crippen molar-refractivity contribution in [1.29, 1.82) is 0 Å². The number of benzene rings is 1. The first-order chi connectivity index (χ1) is 12.7. The van der Waals surface area contributed by atoms with Crippen LogP contribution >= 0.6 is 0 Å². The highest BCUT2D eigenvalue weighted by Crippen LogP contribution is 2.44. The van der Waals surface area contributed by atoms with E-state index in [1.54, 1.807) is 12.3 Å². The summed E-state index contributed by atoms with van der Waals surface area (Å²) in [7, 11) is -3.21. The molecule has 0 spiro atoms. The van der Waals surface area contributed by atoms with Crippen LogP contribution in [0.4, 0.5) is 5.82 Å². The van der Waals surface area contributed by atoms with Crippen LogP contribution in [0.2, 0.25) is 38.3 Å². The standard InChI is InChI=1S/C20H25N3O2Si2/c1-26(2)12-13-27(3,4)23(26)19-18(15-8-6-5-7-9-15)22-14-16(20(24)25)10-11-17(22)21-19/h5-11,14H,12-13H2,1-4H3,(H,24,25). The third kappa shape index (κ3) is 2.91. The van der Waals surface area contributed by atoms with E-state index in [1.807, 2.05) is 28.7 Å². The Hall–Kier alpha value is -2.39. The van der Waals surface area contributed by atoms with Crippen LogP contribution in [0.15, 0.2) is 48.7 Å². The van der Waals surface area contributed by atoms with E-state index in [0.29, 0.717) is 0 Å². The third-order valence-electron chi connectivity index (χ3n) is 5.67. The summed E-state index contributed by atoms with van der Waals surface area (Å²) in [6.45, 7) is 9.71. The van der Waals surface area contributed by atoms with E-state index in [9.17, 15) is 9.90 Å². The van der Waals surface area contributed by atoms with E-state index in [1.165, 1.54) is 12.1 Å². The molecule has 27 heavy (non-hydrogen) atoms. The fraction of sp³-hybridized carbons (Fsp3) is 0.300. The van der Waals surface area contributed by atoms with Gasteiger partial charge in [-0.2, -0.15) is 0 Å². The molecular formula is C20H25N3O2Si2. The predicted octanol–water partition coefficient (Wildman–Crippen LogP) is 4.93. The van der Waals surface area contributed by atoms with Crippen molar-refractivity contribution in [3.8, 4) is 11.3 Å². The van der Waals surface area contributed by atoms with Crippen molar-refractivity contribution in [1.82, 2.24) is 9.38 Å². The van der Waals surface area contributed by atoms with Gasteiger partial charge in [-0.25, -0.2) is 9.78 Å². The molecule has 1 saturated heterocycles. The second kappa shape index (κ2) is 6.07. The summed E-state index contributed by atoms with van der Waals surface area (Å²) in [6, 6.07) is 16.2. The summed E-state index contributed by atoms with van der Waals surface area (Å²) >= 11 is 0. The first kappa shape index (κ1) is 18.0. The number of fused-ring (bicyclic) bond motifs is 1. The smallest absolute Gasteiger partial charge is 0.337 e. The maximum absolute atomic E-state index is 11.5. The summed E-state index contributed by atoms with van der Waals surface area (Å²) in [4.78, 5) is 16.6. The first-order valence-corrected chi connectivity index (χ1v) is 15.6. The number of imidazole rings is 1. The van der Waals surface area contributed by atoms with Gasteiger partial charge in [0.2, 0.25) is 0 Å². The molecule has 0 unspecified atom stereocenters. The molecule has 1 aliphatic heterocycles. The third-order valence-corrected chi connectivity index (χ3v) is 15.6. The number of pyridine rings is 1. The van der Waals surface area contributed by atoms with Crippen LogP contribution in [0, 0.1) is 0 Å². The zero-order valence-corrected chi connectivity index (χ0v) is 18.2. The van der Waals surface area contributed by atoms with Crippen LogP contribution in [0.3, 0.4) is 0 Å². The predicted molar refractivity (Wildman–Crippen MR) is 115 cm³/mol. The summed E-state index contributed by atoms with van der Waals surface area (Å²) in [5, 5.41) is 9.46. The second-order valence-corrected chi connectivity index (χ2v) is 18.2. The number of rotatable bonds is 3. The Morgan fingerprint density at radius 3 is 2.22 bits per heavy atom. The molecule has 2 aromatic heterocycles. The zero-order valence-electron chi connectivity index (χ0n) is 16.2. The number of anilines is 1. The molecule has 7 heteroatoms. The summed E-state index contributed by atoms with van der Waals surface area (Å²) in [5.74, 6) is 0.117. The number of carbonyl (C=O) groups is 1. The van der Waals surface area contributed by atoms with Crippen molar-refractivity contribution in [2.75, 3.05) is 4.23 Å². The average molecular weight is 396 g/mol. The van der Waals surface area contributed by atoms with Gasteiger partial charge in [0.05, 0.1) is 11.3 Å². The second-order valence-electron chi connectivity index (χ2n) is 8.56. The molecule has 0 saturated carbocycles. The molecule has 1 fully saturated rings. The number of carboxylic acid groups (broad SMARTS) is 1. The Morgan fingerprint density at radius 2 is 1.63 bits per heavy atom. The fourth-order valence-electron chi connectivity index (χ4n) is 4.41. The maximum Gasteiger partial charge on any atom is 0.337 e. The number of aromatic nitrogens is 2. The molecule has 3 heterocycles. The van der Waals surface area contributed by atoms with Crippen LogP contribution in [0.5, 0.6) is 0 Å². The van der Waals surface area contributed by atoms with Crippen molar-refractivity contribution < 1.29 is 9.90 Å². The summed E-state index contributed by atoms with van der Waals surface area (Å²) in [6.07, 6.45) is 1.70. The SMILES string of the molecule is C[Si]1(C)CC[Si](C)(C)N1c1nc2ccc(C(=O)O)cn2c1-c1ccccc1. The lowest BCUT2D eigenvalue weighted by molar-refractivity contribution is 0.0696. The van der Waals surface area contributed by atoms with Crippen molar-refractivity contribution >= 4 is 33.9 Å². The Morgan fingerprint density at radius 1 is 1.00 bits per heavy atom. The van der Waals surface area contributed by atoms with Crippen molar-refractivity contribution in [3.05, 3.63) is 54.2 Å². The lowest BCUT2D eigenvalue weighted by Gasteiger charge is -2.40. The van der Waals surface area contributed by atoms with Crippen LogP contribution < -0.4 is 4.23 Å². The fourth-order valence-corrected chi connectivity index (χ4v) is 18.4.